The maximum absolute atomic E-state index is 10.5. The molecule has 2 aromatic rings. The average molecular weight is 328 g/mol. The molecule has 0 unspecified atom stereocenters. The molecule has 1 N–H and O–H groups in total. The van der Waals surface area contributed by atoms with E-state index in [-0.39, 0.29) is 13.2 Å². The third-order valence-corrected chi connectivity index (χ3v) is 3.85. The Morgan fingerprint density at radius 3 is 2.79 bits per heavy atom. The van der Waals surface area contributed by atoms with Gasteiger partial charge in [0.2, 0.25) is 6.79 Å². The maximum atomic E-state index is 10.5. The number of aliphatic carboxylic acids is 1. The van der Waals surface area contributed by atoms with Gasteiger partial charge in [0.1, 0.15) is 12.4 Å². The van der Waals surface area contributed by atoms with Gasteiger partial charge in [-0.1, -0.05) is 18.2 Å². The number of unbranched alkanes of at least 4 members (excludes halogenated alkanes) is 1. The van der Waals surface area contributed by atoms with Crippen molar-refractivity contribution in [1.29, 1.82) is 0 Å². The van der Waals surface area contributed by atoms with Crippen LogP contribution in [-0.4, -0.2) is 17.9 Å². The third kappa shape index (κ3) is 4.41. The van der Waals surface area contributed by atoms with E-state index in [1.165, 1.54) is 0 Å². The minimum Gasteiger partial charge on any atom is -0.489 e. The number of carboxylic acids is 1. The average Bonchev–Trinajstić information content (AvgIpc) is 3.05. The Morgan fingerprint density at radius 2 is 1.92 bits per heavy atom. The number of fused-ring (bicyclic) bond motifs is 1. The summed E-state index contributed by atoms with van der Waals surface area (Å²) in [4.78, 5) is 10.5. The summed E-state index contributed by atoms with van der Waals surface area (Å²) in [6, 6.07) is 13.7. The predicted molar refractivity (Wildman–Crippen MR) is 88.5 cm³/mol. The number of carboxylic acid groups (broad SMARTS) is 1. The maximum Gasteiger partial charge on any atom is 0.303 e. The number of rotatable bonds is 8. The van der Waals surface area contributed by atoms with Gasteiger partial charge in [-0.3, -0.25) is 4.79 Å². The van der Waals surface area contributed by atoms with E-state index in [4.69, 9.17) is 19.3 Å². The molecule has 1 heterocycles. The molecule has 0 spiro atoms. The summed E-state index contributed by atoms with van der Waals surface area (Å²) >= 11 is 0. The smallest absolute Gasteiger partial charge is 0.303 e. The molecule has 0 radical (unpaired) electrons. The van der Waals surface area contributed by atoms with Crippen molar-refractivity contribution in [3.63, 3.8) is 0 Å². The first kappa shape index (κ1) is 16.2. The van der Waals surface area contributed by atoms with Crippen molar-refractivity contribution in [3.8, 4) is 17.2 Å². The fraction of sp³-hybridized carbons (Fsp3) is 0.316. The quantitative estimate of drug-likeness (QED) is 0.747. The van der Waals surface area contributed by atoms with E-state index >= 15 is 0 Å². The van der Waals surface area contributed by atoms with Crippen LogP contribution in [0.3, 0.4) is 0 Å². The van der Waals surface area contributed by atoms with Crippen LogP contribution < -0.4 is 14.2 Å². The number of ether oxygens (including phenoxy) is 3. The Hall–Kier alpha value is -2.69. The fourth-order valence-corrected chi connectivity index (χ4v) is 2.59. The number of carbonyl (C=O) groups is 1. The van der Waals surface area contributed by atoms with Gasteiger partial charge in [0.15, 0.2) is 11.5 Å². The van der Waals surface area contributed by atoms with Crippen LogP contribution in [0.5, 0.6) is 17.2 Å². The Kier molecular flexibility index (Phi) is 5.21. The van der Waals surface area contributed by atoms with Gasteiger partial charge in [-0.05, 0) is 54.7 Å². The van der Waals surface area contributed by atoms with Gasteiger partial charge in [0.05, 0.1) is 0 Å². The molecule has 5 heteroatoms. The zero-order valence-electron chi connectivity index (χ0n) is 13.4. The Morgan fingerprint density at radius 1 is 1.04 bits per heavy atom. The van der Waals surface area contributed by atoms with Gasteiger partial charge in [-0.25, -0.2) is 0 Å². The van der Waals surface area contributed by atoms with Crippen LogP contribution >= 0.6 is 0 Å². The first-order valence-corrected chi connectivity index (χ1v) is 8.03. The van der Waals surface area contributed by atoms with Crippen LogP contribution in [0.4, 0.5) is 0 Å². The first-order chi connectivity index (χ1) is 11.7. The molecule has 0 atom stereocenters. The van der Waals surface area contributed by atoms with Crippen molar-refractivity contribution in [2.24, 2.45) is 0 Å². The van der Waals surface area contributed by atoms with E-state index in [0.29, 0.717) is 13.0 Å². The normalized spacial score (nSPS) is 12.2. The SMILES string of the molecule is O=C(O)CCCCc1cccc(OCc2ccc3c(c2)OCO3)c1. The summed E-state index contributed by atoms with van der Waals surface area (Å²) in [5.74, 6) is 1.59. The summed E-state index contributed by atoms with van der Waals surface area (Å²) in [5.41, 5.74) is 2.18. The van der Waals surface area contributed by atoms with Crippen molar-refractivity contribution in [2.75, 3.05) is 6.79 Å². The molecule has 24 heavy (non-hydrogen) atoms. The van der Waals surface area contributed by atoms with E-state index in [9.17, 15) is 4.79 Å². The highest BCUT2D eigenvalue weighted by atomic mass is 16.7. The molecule has 0 aromatic heterocycles. The highest BCUT2D eigenvalue weighted by Crippen LogP contribution is 2.32. The summed E-state index contributed by atoms with van der Waals surface area (Å²) < 4.78 is 16.5. The third-order valence-electron chi connectivity index (χ3n) is 3.85. The van der Waals surface area contributed by atoms with Gasteiger partial charge in [0, 0.05) is 6.42 Å². The van der Waals surface area contributed by atoms with Crippen molar-refractivity contribution in [3.05, 3.63) is 53.6 Å². The summed E-state index contributed by atoms with van der Waals surface area (Å²) in [7, 11) is 0. The summed E-state index contributed by atoms with van der Waals surface area (Å²) in [6.07, 6.45) is 2.63. The Labute approximate surface area is 140 Å². The van der Waals surface area contributed by atoms with E-state index in [2.05, 4.69) is 0 Å². The van der Waals surface area contributed by atoms with E-state index in [0.717, 1.165) is 41.2 Å². The van der Waals surface area contributed by atoms with E-state index in [1.54, 1.807) is 0 Å². The zero-order valence-corrected chi connectivity index (χ0v) is 13.4. The van der Waals surface area contributed by atoms with Gasteiger partial charge < -0.3 is 19.3 Å². The highest BCUT2D eigenvalue weighted by Gasteiger charge is 2.13. The van der Waals surface area contributed by atoms with Crippen LogP contribution in [0, 0.1) is 0 Å². The second-order valence-electron chi connectivity index (χ2n) is 5.72. The Balaban J connectivity index is 1.52. The lowest BCUT2D eigenvalue weighted by atomic mass is 10.1. The van der Waals surface area contributed by atoms with Gasteiger partial charge in [-0.15, -0.1) is 0 Å². The van der Waals surface area contributed by atoms with Crippen molar-refractivity contribution < 1.29 is 24.1 Å². The number of aryl methyl sites for hydroxylation is 1. The summed E-state index contributed by atoms with van der Waals surface area (Å²) in [6.45, 7) is 0.725. The lowest BCUT2D eigenvalue weighted by Gasteiger charge is -2.09. The lowest BCUT2D eigenvalue weighted by molar-refractivity contribution is -0.137. The summed E-state index contributed by atoms with van der Waals surface area (Å²) in [5, 5.41) is 8.65. The molecule has 3 rings (SSSR count). The second-order valence-corrected chi connectivity index (χ2v) is 5.72. The molecule has 126 valence electrons. The molecule has 5 nitrogen and oxygen atoms in total. The molecule has 1 aliphatic heterocycles. The van der Waals surface area contributed by atoms with Crippen LogP contribution in [0.2, 0.25) is 0 Å². The second kappa shape index (κ2) is 7.73. The van der Waals surface area contributed by atoms with E-state index in [1.807, 2.05) is 42.5 Å². The van der Waals surface area contributed by atoms with Crippen molar-refractivity contribution in [2.45, 2.75) is 32.3 Å². The zero-order chi connectivity index (χ0) is 16.8. The highest BCUT2D eigenvalue weighted by molar-refractivity contribution is 5.66. The minimum absolute atomic E-state index is 0.223. The lowest BCUT2D eigenvalue weighted by Crippen LogP contribution is -1.97. The van der Waals surface area contributed by atoms with Gasteiger partial charge in [-0.2, -0.15) is 0 Å². The standard InChI is InChI=1S/C19H20O5/c20-19(21)7-2-1-4-14-5-3-6-16(10-14)22-12-15-8-9-17-18(11-15)24-13-23-17/h3,5-6,8-11H,1-2,4,7,12-13H2,(H,20,21). The minimum atomic E-state index is -0.740. The first-order valence-electron chi connectivity index (χ1n) is 8.03. The predicted octanol–water partition coefficient (Wildman–Crippen LogP) is 3.79. The van der Waals surface area contributed by atoms with Gasteiger partial charge >= 0.3 is 5.97 Å². The Bertz CT molecular complexity index is 711. The molecule has 1 aliphatic rings. The fourth-order valence-electron chi connectivity index (χ4n) is 2.59. The molecule has 0 saturated carbocycles. The molecular formula is C19H20O5. The number of hydrogen-bond donors (Lipinski definition) is 1. The van der Waals surface area contributed by atoms with Crippen LogP contribution in [0.15, 0.2) is 42.5 Å². The van der Waals surface area contributed by atoms with Crippen LogP contribution in [0.25, 0.3) is 0 Å². The molecule has 0 bridgehead atoms. The van der Waals surface area contributed by atoms with Crippen molar-refractivity contribution in [1.82, 2.24) is 0 Å². The van der Waals surface area contributed by atoms with Crippen LogP contribution in [-0.2, 0) is 17.8 Å². The molecule has 0 saturated heterocycles. The topological polar surface area (TPSA) is 65.0 Å². The largest absolute Gasteiger partial charge is 0.489 e. The molecular weight excluding hydrogens is 308 g/mol. The number of benzene rings is 2. The van der Waals surface area contributed by atoms with Crippen molar-refractivity contribution >= 4 is 5.97 Å². The molecule has 0 amide bonds. The molecule has 0 fully saturated rings. The monoisotopic (exact) mass is 328 g/mol. The van der Waals surface area contributed by atoms with Gasteiger partial charge in [0.25, 0.3) is 0 Å². The van der Waals surface area contributed by atoms with E-state index < -0.39 is 5.97 Å². The molecule has 2 aromatic carbocycles. The molecule has 0 aliphatic carbocycles. The van der Waals surface area contributed by atoms with Crippen LogP contribution in [0.1, 0.15) is 30.4 Å². The number of hydrogen-bond acceptors (Lipinski definition) is 4.